The van der Waals surface area contributed by atoms with Gasteiger partial charge >= 0.3 is 11.9 Å². The quantitative estimate of drug-likeness (QED) is 0.191. The molecule has 9 heteroatoms. The Hall–Kier alpha value is -2.96. The fourth-order valence-corrected chi connectivity index (χ4v) is 6.13. The zero-order chi connectivity index (χ0) is 27.1. The number of carboxylic acid groups (broad SMARTS) is 1. The number of carbonyl (C=O) groups excluding carboxylic acids is 2. The molecule has 1 aliphatic rings. The maximum atomic E-state index is 13.8. The highest BCUT2D eigenvalue weighted by Gasteiger charge is 2.38. The number of esters is 1. The van der Waals surface area contributed by atoms with Crippen molar-refractivity contribution in [1.29, 1.82) is 0 Å². The van der Waals surface area contributed by atoms with Crippen molar-refractivity contribution < 1.29 is 33.3 Å². The first kappa shape index (κ1) is 28.6. The number of aryl methyl sites for hydroxylation is 1. The average Bonchev–Trinajstić information content (AvgIpc) is 2.85. The number of fused-ring (bicyclic) bond motifs is 1. The Balaban J connectivity index is 1.70. The van der Waals surface area contributed by atoms with E-state index in [1.165, 1.54) is 4.90 Å². The maximum absolute atomic E-state index is 13.8. The molecular weight excluding hydrogens is 493 g/mol. The third-order valence-electron chi connectivity index (χ3n) is 6.38. The zero-order valence-corrected chi connectivity index (χ0v) is 22.6. The lowest BCUT2D eigenvalue weighted by Crippen LogP contribution is -2.49. The molecule has 0 radical (unpaired) electrons. The van der Waals surface area contributed by atoms with E-state index < -0.39 is 49.6 Å². The number of carboxylic acids is 1. The van der Waals surface area contributed by atoms with E-state index in [9.17, 15) is 24.1 Å². The van der Waals surface area contributed by atoms with Crippen LogP contribution >= 0.6 is 7.37 Å². The van der Waals surface area contributed by atoms with Gasteiger partial charge in [0.2, 0.25) is 13.3 Å². The SMILES string of the molecule is CC(C)(C)C(=O)OCOP(=O)(CCCCc1ccccc1)CC(=O)N1Cc2ccccc2C[C@H]1C(=O)O. The van der Waals surface area contributed by atoms with Crippen LogP contribution in [0.15, 0.2) is 54.6 Å². The van der Waals surface area contributed by atoms with Crippen LogP contribution in [0, 0.1) is 5.41 Å². The van der Waals surface area contributed by atoms with Gasteiger partial charge in [-0.3, -0.25) is 18.7 Å². The molecule has 0 fully saturated rings. The highest BCUT2D eigenvalue weighted by Crippen LogP contribution is 2.48. The highest BCUT2D eigenvalue weighted by atomic mass is 31.2. The molecule has 1 amide bonds. The summed E-state index contributed by atoms with van der Waals surface area (Å²) in [4.78, 5) is 38.7. The number of ether oxygens (including phenoxy) is 1. The van der Waals surface area contributed by atoms with Crippen molar-refractivity contribution in [2.45, 2.75) is 59.0 Å². The van der Waals surface area contributed by atoms with E-state index in [4.69, 9.17) is 9.26 Å². The second-order valence-corrected chi connectivity index (χ2v) is 13.1. The van der Waals surface area contributed by atoms with Gasteiger partial charge in [-0.05, 0) is 56.7 Å². The number of rotatable bonds is 11. The van der Waals surface area contributed by atoms with E-state index in [2.05, 4.69) is 0 Å². The molecule has 1 aliphatic heterocycles. The molecule has 0 aliphatic carbocycles. The summed E-state index contributed by atoms with van der Waals surface area (Å²) in [5.74, 6) is -2.16. The van der Waals surface area contributed by atoms with Crippen LogP contribution in [-0.2, 0) is 47.6 Å². The molecule has 0 saturated heterocycles. The van der Waals surface area contributed by atoms with Gasteiger partial charge in [0.05, 0.1) is 5.41 Å². The largest absolute Gasteiger partial charge is 0.480 e. The molecule has 200 valence electrons. The van der Waals surface area contributed by atoms with Gasteiger partial charge in [-0.1, -0.05) is 54.6 Å². The Morgan fingerprint density at radius 1 is 1.00 bits per heavy atom. The fourth-order valence-electron chi connectivity index (χ4n) is 4.21. The van der Waals surface area contributed by atoms with E-state index in [-0.39, 0.29) is 19.1 Å². The number of nitrogens with zero attached hydrogens (tertiary/aromatic N) is 1. The van der Waals surface area contributed by atoms with Crippen molar-refractivity contribution in [2.75, 3.05) is 19.1 Å². The Labute approximate surface area is 218 Å². The van der Waals surface area contributed by atoms with Crippen molar-refractivity contribution in [1.82, 2.24) is 4.90 Å². The second-order valence-electron chi connectivity index (χ2n) is 10.4. The van der Waals surface area contributed by atoms with Gasteiger partial charge < -0.3 is 14.7 Å². The van der Waals surface area contributed by atoms with E-state index in [0.717, 1.165) is 29.5 Å². The van der Waals surface area contributed by atoms with Crippen LogP contribution < -0.4 is 0 Å². The monoisotopic (exact) mass is 529 g/mol. The summed E-state index contributed by atoms with van der Waals surface area (Å²) in [7, 11) is -3.57. The third-order valence-corrected chi connectivity index (χ3v) is 8.70. The summed E-state index contributed by atoms with van der Waals surface area (Å²) >= 11 is 0. The number of unbranched alkanes of at least 4 members (excludes halogenated alkanes) is 1. The van der Waals surface area contributed by atoms with Gasteiger partial charge in [0.1, 0.15) is 12.2 Å². The zero-order valence-electron chi connectivity index (χ0n) is 21.7. The molecule has 1 heterocycles. The minimum atomic E-state index is -3.57. The molecule has 2 atom stereocenters. The van der Waals surface area contributed by atoms with Crippen molar-refractivity contribution in [3.8, 4) is 0 Å². The van der Waals surface area contributed by atoms with Gasteiger partial charge in [0.25, 0.3) is 0 Å². The minimum Gasteiger partial charge on any atom is -0.480 e. The molecule has 0 saturated carbocycles. The number of hydrogen-bond acceptors (Lipinski definition) is 6. The smallest absolute Gasteiger partial charge is 0.326 e. The maximum Gasteiger partial charge on any atom is 0.326 e. The highest BCUT2D eigenvalue weighted by molar-refractivity contribution is 7.59. The number of benzene rings is 2. The number of amides is 1. The van der Waals surface area contributed by atoms with E-state index >= 15 is 0 Å². The van der Waals surface area contributed by atoms with Gasteiger partial charge in [-0.2, -0.15) is 0 Å². The second kappa shape index (κ2) is 12.5. The molecular formula is C28H36NO7P. The molecule has 2 aromatic carbocycles. The Morgan fingerprint density at radius 2 is 1.65 bits per heavy atom. The van der Waals surface area contributed by atoms with E-state index in [1.54, 1.807) is 20.8 Å². The normalized spacial score (nSPS) is 16.9. The predicted octanol–water partition coefficient (Wildman–Crippen LogP) is 4.89. The summed E-state index contributed by atoms with van der Waals surface area (Å²) in [5, 5.41) is 9.79. The van der Waals surface area contributed by atoms with Crippen LogP contribution in [0.5, 0.6) is 0 Å². The van der Waals surface area contributed by atoms with Crippen molar-refractivity contribution in [2.24, 2.45) is 5.41 Å². The van der Waals surface area contributed by atoms with Crippen LogP contribution in [0.2, 0.25) is 0 Å². The van der Waals surface area contributed by atoms with Crippen LogP contribution in [0.1, 0.15) is 50.3 Å². The summed E-state index contributed by atoms with van der Waals surface area (Å²) in [6.45, 7) is 4.69. The van der Waals surface area contributed by atoms with Crippen LogP contribution in [0.3, 0.4) is 0 Å². The number of hydrogen-bond donors (Lipinski definition) is 1. The van der Waals surface area contributed by atoms with Gasteiger partial charge in [-0.25, -0.2) is 4.79 Å². The first-order valence-electron chi connectivity index (χ1n) is 12.5. The van der Waals surface area contributed by atoms with Crippen LogP contribution in [-0.4, -0.2) is 53.0 Å². The lowest BCUT2D eigenvalue weighted by atomic mass is 9.94. The topological polar surface area (TPSA) is 110 Å². The molecule has 0 aromatic heterocycles. The number of carbonyl (C=O) groups is 3. The fraction of sp³-hybridized carbons (Fsp3) is 0.464. The third kappa shape index (κ3) is 8.27. The molecule has 2 aromatic rings. The molecule has 0 bridgehead atoms. The average molecular weight is 530 g/mol. The molecule has 3 rings (SSSR count). The van der Waals surface area contributed by atoms with E-state index in [0.29, 0.717) is 6.42 Å². The van der Waals surface area contributed by atoms with Gasteiger partial charge in [-0.15, -0.1) is 0 Å². The summed E-state index contributed by atoms with van der Waals surface area (Å²) in [6, 6.07) is 16.3. The standard InChI is InChI=1S/C28H36NO7P/c1-28(2,3)27(33)35-20-36-37(34,16-10-9-13-21-11-5-4-6-12-21)19-25(30)29-18-23-15-8-7-14-22(23)17-24(29)26(31)32/h4-8,11-12,14-15,24H,9-10,13,16-20H2,1-3H3,(H,31,32)/t24-,37?/m0/s1. The summed E-state index contributed by atoms with van der Waals surface area (Å²) in [6.07, 6.45) is 1.93. The molecule has 0 spiro atoms. The Morgan fingerprint density at radius 3 is 2.30 bits per heavy atom. The number of aliphatic carboxylic acids is 1. The van der Waals surface area contributed by atoms with Crippen molar-refractivity contribution in [3.05, 3.63) is 71.3 Å². The Bertz CT molecular complexity index is 1140. The van der Waals surface area contributed by atoms with Gasteiger partial charge in [0.15, 0.2) is 6.79 Å². The summed E-state index contributed by atoms with van der Waals surface area (Å²) in [5.41, 5.74) is 2.15. The molecule has 37 heavy (non-hydrogen) atoms. The first-order valence-corrected chi connectivity index (χ1v) is 14.5. The molecule has 1 unspecified atom stereocenters. The predicted molar refractivity (Wildman–Crippen MR) is 140 cm³/mol. The molecule has 1 N–H and O–H groups in total. The van der Waals surface area contributed by atoms with Crippen LogP contribution in [0.4, 0.5) is 0 Å². The van der Waals surface area contributed by atoms with Crippen LogP contribution in [0.25, 0.3) is 0 Å². The first-order chi connectivity index (χ1) is 17.5. The molecule has 8 nitrogen and oxygen atoms in total. The van der Waals surface area contributed by atoms with E-state index in [1.807, 2.05) is 54.6 Å². The summed E-state index contributed by atoms with van der Waals surface area (Å²) < 4.78 is 24.6. The lowest BCUT2D eigenvalue weighted by molar-refractivity contribution is -0.159. The van der Waals surface area contributed by atoms with Crippen molar-refractivity contribution in [3.63, 3.8) is 0 Å². The van der Waals surface area contributed by atoms with Crippen molar-refractivity contribution >= 4 is 25.2 Å². The minimum absolute atomic E-state index is 0.124. The van der Waals surface area contributed by atoms with Gasteiger partial charge in [0, 0.05) is 19.1 Å². The lowest BCUT2D eigenvalue weighted by Gasteiger charge is -2.35. The Kier molecular flexibility index (Phi) is 9.68.